The number of fused-ring (bicyclic) bond motifs is 1. The van der Waals surface area contributed by atoms with Gasteiger partial charge in [0.2, 0.25) is 5.96 Å². The van der Waals surface area contributed by atoms with Gasteiger partial charge in [0.25, 0.3) is 0 Å². The summed E-state index contributed by atoms with van der Waals surface area (Å²) < 4.78 is 27.3. The van der Waals surface area contributed by atoms with E-state index in [2.05, 4.69) is 0 Å². The molecule has 1 aliphatic rings. The van der Waals surface area contributed by atoms with Gasteiger partial charge in [0, 0.05) is 19.3 Å². The molecule has 1 N–H and O–H groups in total. The molecule has 5 heteroatoms. The van der Waals surface area contributed by atoms with Crippen molar-refractivity contribution in [3.63, 3.8) is 0 Å². The van der Waals surface area contributed by atoms with Crippen molar-refractivity contribution in [3.05, 3.63) is 59.7 Å². The van der Waals surface area contributed by atoms with E-state index in [-0.39, 0.29) is 11.6 Å². The Labute approximate surface area is 128 Å². The molecule has 0 saturated heterocycles. The highest BCUT2D eigenvalue weighted by molar-refractivity contribution is 6.05. The molecular weight excluding hydrogens is 284 g/mol. The number of benzene rings is 2. The SMILES string of the molecule is CN(C(=N)N1CCCc2ccccc21)c1cccc(F)c1F. The van der Waals surface area contributed by atoms with Gasteiger partial charge in [-0.2, -0.15) is 0 Å². The van der Waals surface area contributed by atoms with Gasteiger partial charge in [-0.15, -0.1) is 0 Å². The zero-order valence-electron chi connectivity index (χ0n) is 12.3. The van der Waals surface area contributed by atoms with Gasteiger partial charge in [0.05, 0.1) is 5.69 Å². The molecule has 0 aliphatic carbocycles. The van der Waals surface area contributed by atoms with E-state index in [1.165, 1.54) is 22.6 Å². The summed E-state index contributed by atoms with van der Waals surface area (Å²) in [6, 6.07) is 11.9. The highest BCUT2D eigenvalue weighted by Gasteiger charge is 2.24. The molecule has 22 heavy (non-hydrogen) atoms. The zero-order valence-corrected chi connectivity index (χ0v) is 12.3. The lowest BCUT2D eigenvalue weighted by atomic mass is 10.0. The summed E-state index contributed by atoms with van der Waals surface area (Å²) in [7, 11) is 1.58. The number of nitrogens with one attached hydrogen (secondary N) is 1. The van der Waals surface area contributed by atoms with Gasteiger partial charge in [-0.25, -0.2) is 8.78 Å². The lowest BCUT2D eigenvalue weighted by molar-refractivity contribution is 0.509. The first-order valence-corrected chi connectivity index (χ1v) is 7.21. The van der Waals surface area contributed by atoms with E-state index in [4.69, 9.17) is 5.41 Å². The summed E-state index contributed by atoms with van der Waals surface area (Å²) in [5.41, 5.74) is 2.20. The smallest absolute Gasteiger partial charge is 0.202 e. The summed E-state index contributed by atoms with van der Waals surface area (Å²) >= 11 is 0. The molecule has 0 saturated carbocycles. The van der Waals surface area contributed by atoms with Crippen LogP contribution in [-0.2, 0) is 6.42 Å². The molecule has 3 rings (SSSR count). The van der Waals surface area contributed by atoms with Crippen LogP contribution >= 0.6 is 0 Å². The molecule has 0 spiro atoms. The van der Waals surface area contributed by atoms with Crippen molar-refractivity contribution in [3.8, 4) is 0 Å². The van der Waals surface area contributed by atoms with Gasteiger partial charge in [-0.3, -0.25) is 5.41 Å². The third-order valence-electron chi connectivity index (χ3n) is 3.98. The summed E-state index contributed by atoms with van der Waals surface area (Å²) in [4.78, 5) is 3.21. The number of nitrogens with zero attached hydrogens (tertiary/aromatic N) is 2. The molecule has 114 valence electrons. The highest BCUT2D eigenvalue weighted by Crippen LogP contribution is 2.29. The summed E-state index contributed by atoms with van der Waals surface area (Å²) in [6.45, 7) is 0.692. The normalized spacial score (nSPS) is 13.7. The van der Waals surface area contributed by atoms with Gasteiger partial charge < -0.3 is 9.80 Å². The van der Waals surface area contributed by atoms with Crippen LogP contribution in [0.1, 0.15) is 12.0 Å². The minimum atomic E-state index is -0.931. The first kappa shape index (κ1) is 14.5. The quantitative estimate of drug-likeness (QED) is 0.641. The van der Waals surface area contributed by atoms with Crippen molar-refractivity contribution >= 4 is 17.3 Å². The van der Waals surface area contributed by atoms with E-state index in [1.807, 2.05) is 29.2 Å². The van der Waals surface area contributed by atoms with Gasteiger partial charge in [-0.05, 0) is 36.6 Å². The third-order valence-corrected chi connectivity index (χ3v) is 3.98. The van der Waals surface area contributed by atoms with Gasteiger partial charge in [0.15, 0.2) is 11.6 Å². The maximum atomic E-state index is 13.9. The van der Waals surface area contributed by atoms with Gasteiger partial charge >= 0.3 is 0 Å². The van der Waals surface area contributed by atoms with E-state index in [9.17, 15) is 8.78 Å². The van der Waals surface area contributed by atoms with Crippen LogP contribution in [0.2, 0.25) is 0 Å². The standard InChI is InChI=1S/C17H17F2N3/c1-21(15-10-4-8-13(18)16(15)19)17(20)22-11-5-7-12-6-2-3-9-14(12)22/h2-4,6,8-10,20H,5,7,11H2,1H3. The van der Waals surface area contributed by atoms with Crippen LogP contribution in [0.5, 0.6) is 0 Å². The van der Waals surface area contributed by atoms with Crippen molar-refractivity contribution in [2.24, 2.45) is 0 Å². The van der Waals surface area contributed by atoms with Crippen LogP contribution in [0.15, 0.2) is 42.5 Å². The Morgan fingerprint density at radius 3 is 2.73 bits per heavy atom. The number of hydrogen-bond donors (Lipinski definition) is 1. The van der Waals surface area contributed by atoms with Crippen LogP contribution in [0.25, 0.3) is 0 Å². The number of halogens is 2. The number of hydrogen-bond acceptors (Lipinski definition) is 1. The monoisotopic (exact) mass is 301 g/mol. The molecule has 1 heterocycles. The lowest BCUT2D eigenvalue weighted by Crippen LogP contribution is -2.44. The predicted octanol–water partition coefficient (Wildman–Crippen LogP) is 3.79. The average molecular weight is 301 g/mol. The molecule has 0 unspecified atom stereocenters. The molecule has 0 atom stereocenters. The molecule has 3 nitrogen and oxygen atoms in total. The fourth-order valence-corrected chi connectivity index (χ4v) is 2.80. The fraction of sp³-hybridized carbons (Fsp3) is 0.235. The van der Waals surface area contributed by atoms with Gasteiger partial charge in [-0.1, -0.05) is 24.3 Å². The van der Waals surface area contributed by atoms with Crippen molar-refractivity contribution in [1.29, 1.82) is 5.41 Å². The van der Waals surface area contributed by atoms with Crippen LogP contribution in [-0.4, -0.2) is 19.6 Å². The van der Waals surface area contributed by atoms with Crippen molar-refractivity contribution in [1.82, 2.24) is 0 Å². The Kier molecular flexibility index (Phi) is 3.79. The Hall–Kier alpha value is -2.43. The summed E-state index contributed by atoms with van der Waals surface area (Å²) in [5, 5.41) is 8.39. The molecule has 2 aromatic rings. The highest BCUT2D eigenvalue weighted by atomic mass is 19.2. The summed E-state index contributed by atoms with van der Waals surface area (Å²) in [6.07, 6.45) is 1.90. The number of rotatable bonds is 1. The summed E-state index contributed by atoms with van der Waals surface area (Å²) in [5.74, 6) is -1.70. The van der Waals surface area contributed by atoms with Crippen LogP contribution < -0.4 is 9.80 Å². The van der Waals surface area contributed by atoms with Gasteiger partial charge in [0.1, 0.15) is 0 Å². The van der Waals surface area contributed by atoms with Crippen LogP contribution in [0, 0.1) is 17.0 Å². The first-order valence-electron chi connectivity index (χ1n) is 7.21. The molecule has 0 bridgehead atoms. The number of anilines is 2. The molecular formula is C17H17F2N3. The minimum Gasteiger partial charge on any atom is -0.313 e. The predicted molar refractivity (Wildman–Crippen MR) is 84.6 cm³/mol. The average Bonchev–Trinajstić information content (AvgIpc) is 2.55. The topological polar surface area (TPSA) is 30.3 Å². The number of guanidine groups is 1. The lowest BCUT2D eigenvalue weighted by Gasteiger charge is -2.35. The Morgan fingerprint density at radius 2 is 1.91 bits per heavy atom. The van der Waals surface area contributed by atoms with E-state index < -0.39 is 11.6 Å². The van der Waals surface area contributed by atoms with Crippen molar-refractivity contribution in [2.45, 2.75) is 12.8 Å². The Balaban J connectivity index is 1.93. The second-order valence-electron chi connectivity index (χ2n) is 5.34. The third kappa shape index (κ3) is 2.43. The van der Waals surface area contributed by atoms with E-state index in [0.29, 0.717) is 6.54 Å². The van der Waals surface area contributed by atoms with Crippen molar-refractivity contribution in [2.75, 3.05) is 23.4 Å². The molecule has 1 aliphatic heterocycles. The number of para-hydroxylation sites is 1. The maximum absolute atomic E-state index is 13.9. The second kappa shape index (κ2) is 5.75. The molecule has 0 aromatic heterocycles. The second-order valence-corrected chi connectivity index (χ2v) is 5.34. The van der Waals surface area contributed by atoms with E-state index in [0.717, 1.165) is 24.6 Å². The molecule has 0 fully saturated rings. The zero-order chi connectivity index (χ0) is 15.7. The van der Waals surface area contributed by atoms with Crippen molar-refractivity contribution < 1.29 is 8.78 Å². The fourth-order valence-electron chi connectivity index (χ4n) is 2.80. The number of aryl methyl sites for hydroxylation is 1. The Bertz CT molecular complexity index is 715. The van der Waals surface area contributed by atoms with E-state index >= 15 is 0 Å². The molecule has 0 amide bonds. The molecule has 2 aromatic carbocycles. The first-order chi connectivity index (χ1) is 10.6. The Morgan fingerprint density at radius 1 is 1.14 bits per heavy atom. The van der Waals surface area contributed by atoms with Crippen LogP contribution in [0.3, 0.4) is 0 Å². The largest absolute Gasteiger partial charge is 0.313 e. The minimum absolute atomic E-state index is 0.0630. The van der Waals surface area contributed by atoms with Crippen LogP contribution in [0.4, 0.5) is 20.2 Å². The molecule has 0 radical (unpaired) electrons. The maximum Gasteiger partial charge on any atom is 0.202 e. The van der Waals surface area contributed by atoms with E-state index in [1.54, 1.807) is 7.05 Å².